The second kappa shape index (κ2) is 14.2. The standard InChI is InChI=1S/C28H44N3.2ClH.Cu/c1-7-19-13-21(9-3)27(22(10-4)14-19)25(29)17-31-18-26(30)28-23(11-5)15-20(8-2)16-24(28)12-6;;;/h13-16,25-26H,7-12,17-18,29-30H2,1-6H3;2*1H;/q-1;;;+3/p-2. The normalized spacial score (nSPS) is 13.9. The van der Waals surface area contributed by atoms with E-state index in [-0.39, 0.29) is 12.1 Å². The van der Waals surface area contributed by atoms with Gasteiger partial charge in [0.05, 0.1) is 0 Å². The minimum atomic E-state index is -0.896. The number of nitrogens with two attached hydrogens (primary N) is 2. The summed E-state index contributed by atoms with van der Waals surface area (Å²) in [6, 6.07) is 8.88. The van der Waals surface area contributed by atoms with Crippen LogP contribution in [0.15, 0.2) is 24.3 Å². The third kappa shape index (κ3) is 7.23. The third-order valence-electron chi connectivity index (χ3n) is 6.81. The molecule has 0 aliphatic heterocycles. The molecule has 196 valence electrons. The molecule has 0 radical (unpaired) electrons. The van der Waals surface area contributed by atoms with Gasteiger partial charge in [-0.1, -0.05) is 0 Å². The molecule has 0 amide bonds. The Balaban J connectivity index is 2.36. The zero-order valence-corrected chi connectivity index (χ0v) is 24.2. The fourth-order valence-electron chi connectivity index (χ4n) is 4.97. The van der Waals surface area contributed by atoms with Crippen molar-refractivity contribution in [2.75, 3.05) is 13.1 Å². The number of nitrogens with zero attached hydrogens (tertiary/aromatic N) is 1. The van der Waals surface area contributed by atoms with E-state index < -0.39 is 12.3 Å². The van der Waals surface area contributed by atoms with Gasteiger partial charge in [0.1, 0.15) is 0 Å². The molecule has 2 rings (SSSR count). The molecule has 0 aromatic heterocycles. The van der Waals surface area contributed by atoms with Gasteiger partial charge in [0.2, 0.25) is 0 Å². The predicted molar refractivity (Wildman–Crippen MR) is 146 cm³/mol. The van der Waals surface area contributed by atoms with Gasteiger partial charge in [-0.05, 0) is 0 Å². The van der Waals surface area contributed by atoms with E-state index in [0.29, 0.717) is 13.1 Å². The van der Waals surface area contributed by atoms with Crippen molar-refractivity contribution >= 4 is 20.2 Å². The van der Waals surface area contributed by atoms with E-state index in [4.69, 9.17) is 31.7 Å². The minimum absolute atomic E-state index is 0.174. The Bertz CT molecular complexity index is 810. The van der Waals surface area contributed by atoms with Gasteiger partial charge in [-0.15, -0.1) is 0 Å². The summed E-state index contributed by atoms with van der Waals surface area (Å²) in [5, 5.41) is 0. The zero-order valence-electron chi connectivity index (χ0n) is 21.8. The SMILES string of the molecule is CCc1cc(CC)c(C(N)C[N](CC(N)c2c(CC)cc(CC)cc2CC)[Cu]([Cl])[Cl])c(CC)c1. The van der Waals surface area contributed by atoms with Gasteiger partial charge >= 0.3 is 222 Å². The first-order valence-electron chi connectivity index (χ1n) is 12.7. The zero-order chi connectivity index (χ0) is 25.4. The molecule has 0 fully saturated rings. The van der Waals surface area contributed by atoms with Gasteiger partial charge in [0, 0.05) is 0 Å². The Morgan fingerprint density at radius 2 is 0.912 bits per heavy atom. The molecular weight excluding hydrogens is 513 g/mol. The van der Waals surface area contributed by atoms with Crippen LogP contribution in [0.1, 0.15) is 98.1 Å². The van der Waals surface area contributed by atoms with Gasteiger partial charge in [-0.3, -0.25) is 0 Å². The van der Waals surface area contributed by atoms with Crippen LogP contribution in [0.2, 0.25) is 0 Å². The van der Waals surface area contributed by atoms with Gasteiger partial charge in [0.25, 0.3) is 0 Å². The topological polar surface area (TPSA) is 55.3 Å². The molecule has 2 atom stereocenters. The molecule has 4 N–H and O–H groups in total. The second-order valence-electron chi connectivity index (χ2n) is 8.91. The molecule has 3 nitrogen and oxygen atoms in total. The summed E-state index contributed by atoms with van der Waals surface area (Å²) in [4.78, 5) is 0. The molecular formula is C28H44Cl2CuN3. The first kappa shape index (κ1) is 29.6. The van der Waals surface area contributed by atoms with Gasteiger partial charge < -0.3 is 0 Å². The summed E-state index contributed by atoms with van der Waals surface area (Å²) in [7, 11) is 13.0. The molecule has 2 unspecified atom stereocenters. The number of hydrogen-bond donors (Lipinski definition) is 2. The second-order valence-corrected chi connectivity index (χ2v) is 12.2. The fraction of sp³-hybridized carbons (Fsp3) is 0.571. The molecule has 6 heteroatoms. The Morgan fingerprint density at radius 1 is 0.618 bits per heavy atom. The van der Waals surface area contributed by atoms with Crippen molar-refractivity contribution in [2.45, 2.75) is 92.2 Å². The Kier molecular flexibility index (Phi) is 12.4. The molecule has 0 heterocycles. The van der Waals surface area contributed by atoms with Crippen molar-refractivity contribution in [3.05, 3.63) is 68.8 Å². The molecule has 2 aromatic carbocycles. The van der Waals surface area contributed by atoms with Crippen molar-refractivity contribution < 1.29 is 12.3 Å². The fourth-order valence-corrected chi connectivity index (χ4v) is 6.29. The number of aryl methyl sites for hydroxylation is 6. The van der Waals surface area contributed by atoms with Crippen LogP contribution in [0, 0.1) is 0 Å². The molecule has 0 aliphatic carbocycles. The summed E-state index contributed by atoms with van der Waals surface area (Å²) in [6.07, 6.45) is 5.89. The van der Waals surface area contributed by atoms with Crippen LogP contribution in [0.4, 0.5) is 0 Å². The Labute approximate surface area is 221 Å². The van der Waals surface area contributed by atoms with Gasteiger partial charge in [-0.2, -0.15) is 0 Å². The number of benzene rings is 2. The first-order chi connectivity index (χ1) is 16.2. The summed E-state index contributed by atoms with van der Waals surface area (Å²) in [5.41, 5.74) is 24.2. The summed E-state index contributed by atoms with van der Waals surface area (Å²) < 4.78 is 2.05. The maximum absolute atomic E-state index is 6.85. The number of rotatable bonds is 13. The van der Waals surface area contributed by atoms with Crippen molar-refractivity contribution in [3.8, 4) is 0 Å². The average molecular weight is 557 g/mol. The van der Waals surface area contributed by atoms with E-state index in [9.17, 15) is 0 Å². The van der Waals surface area contributed by atoms with Crippen LogP contribution in [0.25, 0.3) is 0 Å². The van der Waals surface area contributed by atoms with E-state index in [1.54, 1.807) is 0 Å². The quantitative estimate of drug-likeness (QED) is 0.264. The first-order valence-corrected chi connectivity index (χ1v) is 15.7. The number of hydrogen-bond acceptors (Lipinski definition) is 3. The summed E-state index contributed by atoms with van der Waals surface area (Å²) >= 11 is -0.896. The maximum atomic E-state index is 6.85. The van der Waals surface area contributed by atoms with E-state index in [2.05, 4.69) is 65.8 Å². The van der Waals surface area contributed by atoms with Crippen LogP contribution in [0.5, 0.6) is 0 Å². The molecule has 34 heavy (non-hydrogen) atoms. The molecule has 0 spiro atoms. The summed E-state index contributed by atoms with van der Waals surface area (Å²) in [6.45, 7) is 14.3. The van der Waals surface area contributed by atoms with Crippen LogP contribution < -0.4 is 11.5 Å². The summed E-state index contributed by atoms with van der Waals surface area (Å²) in [5.74, 6) is 0. The molecule has 2 aromatic rings. The van der Waals surface area contributed by atoms with E-state index >= 15 is 0 Å². The van der Waals surface area contributed by atoms with Gasteiger partial charge in [0.15, 0.2) is 0 Å². The van der Waals surface area contributed by atoms with Crippen LogP contribution >= 0.6 is 20.2 Å². The molecule has 0 bridgehead atoms. The Hall–Kier alpha value is -0.581. The van der Waals surface area contributed by atoms with Crippen molar-refractivity contribution in [3.63, 3.8) is 0 Å². The molecule has 0 saturated heterocycles. The van der Waals surface area contributed by atoms with Crippen molar-refractivity contribution in [1.29, 1.82) is 0 Å². The van der Waals surface area contributed by atoms with E-state index in [0.717, 1.165) is 38.5 Å². The van der Waals surface area contributed by atoms with Crippen molar-refractivity contribution in [1.82, 2.24) is 3.92 Å². The molecule has 0 saturated carbocycles. The van der Waals surface area contributed by atoms with E-state index in [1.165, 1.54) is 44.5 Å². The van der Waals surface area contributed by atoms with E-state index in [1.807, 2.05) is 3.92 Å². The van der Waals surface area contributed by atoms with Crippen molar-refractivity contribution in [2.24, 2.45) is 11.5 Å². The molecule has 0 aliphatic rings. The number of halogens is 2. The average Bonchev–Trinajstić information content (AvgIpc) is 2.85. The van der Waals surface area contributed by atoms with Crippen LogP contribution in [0.3, 0.4) is 0 Å². The third-order valence-corrected chi connectivity index (χ3v) is 8.79. The van der Waals surface area contributed by atoms with Crippen LogP contribution in [-0.4, -0.2) is 17.0 Å². The monoisotopic (exact) mass is 555 g/mol. The Morgan fingerprint density at radius 3 is 1.12 bits per heavy atom. The predicted octanol–water partition coefficient (Wildman–Crippen LogP) is 6.90. The van der Waals surface area contributed by atoms with Crippen LogP contribution in [-0.2, 0) is 50.8 Å². The van der Waals surface area contributed by atoms with Gasteiger partial charge in [-0.25, -0.2) is 0 Å².